The predicted molar refractivity (Wildman–Crippen MR) is 85.9 cm³/mol. The number of hydrogen-bond acceptors (Lipinski definition) is 2. The van der Waals surface area contributed by atoms with Gasteiger partial charge in [-0.05, 0) is 31.1 Å². The van der Waals surface area contributed by atoms with Gasteiger partial charge in [0, 0.05) is 6.54 Å². The summed E-state index contributed by atoms with van der Waals surface area (Å²) in [5.74, 6) is 0.975. The van der Waals surface area contributed by atoms with E-state index < -0.39 is 0 Å². The van der Waals surface area contributed by atoms with Crippen LogP contribution in [0, 0.1) is 11.8 Å². The molecule has 2 amide bonds. The Hall–Kier alpha value is -1.06. The fourth-order valence-electron chi connectivity index (χ4n) is 2.90. The quantitative estimate of drug-likeness (QED) is 0.748. The summed E-state index contributed by atoms with van der Waals surface area (Å²) in [7, 11) is 0. The van der Waals surface area contributed by atoms with Crippen LogP contribution < -0.4 is 5.32 Å². The molecule has 4 nitrogen and oxygen atoms in total. The summed E-state index contributed by atoms with van der Waals surface area (Å²) in [5.41, 5.74) is 0. The van der Waals surface area contributed by atoms with Crippen LogP contribution in [0.4, 0.5) is 0 Å². The average Bonchev–Trinajstić information content (AvgIpc) is 2.44. The van der Waals surface area contributed by atoms with Crippen LogP contribution in [-0.4, -0.2) is 35.3 Å². The molecule has 0 bridgehead atoms. The molecule has 1 aliphatic heterocycles. The molecule has 4 heteroatoms. The molecule has 1 rings (SSSR count). The number of piperazine rings is 1. The fourth-order valence-corrected chi connectivity index (χ4v) is 2.90. The van der Waals surface area contributed by atoms with E-state index >= 15 is 0 Å². The van der Waals surface area contributed by atoms with Crippen LogP contribution in [0.5, 0.6) is 0 Å². The molecular formula is C17H32N2O2. The third-order valence-corrected chi connectivity index (χ3v) is 4.48. The number of carbonyl (C=O) groups excluding carboxylic acids is 2. The minimum Gasteiger partial charge on any atom is -0.342 e. The second-order valence-electron chi connectivity index (χ2n) is 6.74. The van der Waals surface area contributed by atoms with Crippen molar-refractivity contribution in [3.8, 4) is 0 Å². The van der Waals surface area contributed by atoms with Crippen LogP contribution in [0.3, 0.4) is 0 Å². The van der Waals surface area contributed by atoms with E-state index in [1.165, 1.54) is 0 Å². The molecule has 1 N–H and O–H groups in total. The fraction of sp³-hybridized carbons (Fsp3) is 0.882. The molecule has 0 aliphatic carbocycles. The van der Waals surface area contributed by atoms with E-state index in [-0.39, 0.29) is 29.8 Å². The number of nitrogens with zero attached hydrogens (tertiary/aromatic N) is 1. The van der Waals surface area contributed by atoms with Crippen molar-refractivity contribution in [2.75, 3.05) is 6.54 Å². The highest BCUT2D eigenvalue weighted by Gasteiger charge is 2.41. The summed E-state index contributed by atoms with van der Waals surface area (Å²) in [6.07, 6.45) is 4.64. The predicted octanol–water partition coefficient (Wildman–Crippen LogP) is 2.96. The molecule has 1 aliphatic rings. The Morgan fingerprint density at radius 2 is 1.86 bits per heavy atom. The van der Waals surface area contributed by atoms with Crippen molar-refractivity contribution in [1.82, 2.24) is 10.2 Å². The highest BCUT2D eigenvalue weighted by Crippen LogP contribution is 2.21. The number of nitrogens with one attached hydrogen (secondary N) is 1. The topological polar surface area (TPSA) is 49.4 Å². The second kappa shape index (κ2) is 8.40. The lowest BCUT2D eigenvalue weighted by atomic mass is 9.92. The molecule has 3 atom stereocenters. The number of hydrogen-bond donors (Lipinski definition) is 1. The summed E-state index contributed by atoms with van der Waals surface area (Å²) in [4.78, 5) is 27.0. The van der Waals surface area contributed by atoms with Gasteiger partial charge in [-0.1, -0.05) is 47.5 Å². The molecule has 1 saturated heterocycles. The molecule has 0 radical (unpaired) electrons. The zero-order valence-corrected chi connectivity index (χ0v) is 14.3. The maximum absolute atomic E-state index is 12.7. The summed E-state index contributed by atoms with van der Waals surface area (Å²) in [6, 6.07) is -0.607. The van der Waals surface area contributed by atoms with Crippen molar-refractivity contribution in [2.24, 2.45) is 11.8 Å². The number of amides is 2. The van der Waals surface area contributed by atoms with Crippen LogP contribution in [-0.2, 0) is 9.59 Å². The first-order valence-electron chi connectivity index (χ1n) is 8.53. The Morgan fingerprint density at radius 1 is 1.19 bits per heavy atom. The monoisotopic (exact) mass is 296 g/mol. The van der Waals surface area contributed by atoms with Gasteiger partial charge in [-0.15, -0.1) is 0 Å². The van der Waals surface area contributed by atoms with Crippen LogP contribution in [0.2, 0.25) is 0 Å². The van der Waals surface area contributed by atoms with Crippen molar-refractivity contribution >= 4 is 11.8 Å². The van der Waals surface area contributed by atoms with Crippen LogP contribution in [0.15, 0.2) is 0 Å². The molecule has 122 valence electrons. The Balaban J connectivity index is 2.81. The van der Waals surface area contributed by atoms with E-state index in [0.717, 1.165) is 32.1 Å². The Morgan fingerprint density at radius 3 is 2.38 bits per heavy atom. The largest absolute Gasteiger partial charge is 0.342 e. The maximum atomic E-state index is 12.7. The number of rotatable bonds is 8. The van der Waals surface area contributed by atoms with E-state index in [1.807, 2.05) is 11.8 Å². The highest BCUT2D eigenvalue weighted by atomic mass is 16.2. The normalized spacial score (nSPS) is 24.4. The van der Waals surface area contributed by atoms with Gasteiger partial charge < -0.3 is 10.2 Å². The van der Waals surface area contributed by atoms with Crippen molar-refractivity contribution in [3.63, 3.8) is 0 Å². The minimum atomic E-state index is -0.338. The van der Waals surface area contributed by atoms with Crippen molar-refractivity contribution < 1.29 is 9.59 Å². The Bertz CT molecular complexity index is 355. The first-order valence-corrected chi connectivity index (χ1v) is 8.53. The molecule has 0 aromatic rings. The van der Waals surface area contributed by atoms with E-state index in [9.17, 15) is 9.59 Å². The first kappa shape index (κ1) is 18.0. The smallest absolute Gasteiger partial charge is 0.246 e. The molecule has 0 saturated carbocycles. The van der Waals surface area contributed by atoms with Gasteiger partial charge in [0.1, 0.15) is 12.1 Å². The number of carbonyl (C=O) groups is 2. The van der Waals surface area contributed by atoms with E-state index in [2.05, 4.69) is 33.0 Å². The van der Waals surface area contributed by atoms with Gasteiger partial charge in [0.25, 0.3) is 0 Å². The van der Waals surface area contributed by atoms with Gasteiger partial charge >= 0.3 is 0 Å². The van der Waals surface area contributed by atoms with Crippen molar-refractivity contribution in [1.29, 1.82) is 0 Å². The van der Waals surface area contributed by atoms with E-state index in [0.29, 0.717) is 12.5 Å². The summed E-state index contributed by atoms with van der Waals surface area (Å²) < 4.78 is 0. The molecular weight excluding hydrogens is 264 g/mol. The summed E-state index contributed by atoms with van der Waals surface area (Å²) in [6.45, 7) is 11.2. The van der Waals surface area contributed by atoms with Gasteiger partial charge in [0.15, 0.2) is 0 Å². The van der Waals surface area contributed by atoms with Gasteiger partial charge in [-0.3, -0.25) is 9.59 Å². The molecule has 21 heavy (non-hydrogen) atoms. The van der Waals surface area contributed by atoms with Gasteiger partial charge in [0.2, 0.25) is 11.8 Å². The van der Waals surface area contributed by atoms with E-state index in [1.54, 1.807) is 0 Å². The molecule has 1 fully saturated rings. The molecule has 3 unspecified atom stereocenters. The Labute approximate surface area is 129 Å². The average molecular weight is 296 g/mol. The SMILES string of the molecule is CCCC1C(=O)NC(C(C)CC)C(=O)N1CCCC(C)C. The molecule has 0 aromatic carbocycles. The van der Waals surface area contributed by atoms with Crippen molar-refractivity contribution in [3.05, 3.63) is 0 Å². The summed E-state index contributed by atoms with van der Waals surface area (Å²) >= 11 is 0. The van der Waals surface area contributed by atoms with Crippen LogP contribution >= 0.6 is 0 Å². The minimum absolute atomic E-state index is 0.0336. The lowest BCUT2D eigenvalue weighted by molar-refractivity contribution is -0.151. The van der Waals surface area contributed by atoms with Crippen LogP contribution in [0.1, 0.15) is 66.7 Å². The lowest BCUT2D eigenvalue weighted by Crippen LogP contribution is -2.65. The lowest BCUT2D eigenvalue weighted by Gasteiger charge is -2.41. The second-order valence-corrected chi connectivity index (χ2v) is 6.74. The zero-order chi connectivity index (χ0) is 16.0. The first-order chi connectivity index (χ1) is 9.92. The molecule has 1 heterocycles. The third kappa shape index (κ3) is 4.72. The van der Waals surface area contributed by atoms with Crippen molar-refractivity contribution in [2.45, 2.75) is 78.8 Å². The Kier molecular flexibility index (Phi) is 7.20. The van der Waals surface area contributed by atoms with Gasteiger partial charge in [0.05, 0.1) is 0 Å². The van der Waals surface area contributed by atoms with Gasteiger partial charge in [-0.25, -0.2) is 0 Å². The summed E-state index contributed by atoms with van der Waals surface area (Å²) in [5, 5.41) is 2.95. The molecule has 0 spiro atoms. The molecule has 0 aromatic heterocycles. The highest BCUT2D eigenvalue weighted by molar-refractivity contribution is 5.97. The van der Waals surface area contributed by atoms with Crippen LogP contribution in [0.25, 0.3) is 0 Å². The third-order valence-electron chi connectivity index (χ3n) is 4.48. The van der Waals surface area contributed by atoms with Gasteiger partial charge in [-0.2, -0.15) is 0 Å². The maximum Gasteiger partial charge on any atom is 0.246 e. The van der Waals surface area contributed by atoms with E-state index in [4.69, 9.17) is 0 Å². The standard InChI is InChI=1S/C17H32N2O2/c1-6-9-14-16(20)18-15(13(5)7-2)17(21)19(14)11-8-10-12(3)4/h12-15H,6-11H2,1-5H3,(H,18,20). The zero-order valence-electron chi connectivity index (χ0n) is 14.3.